The van der Waals surface area contributed by atoms with Crippen LogP contribution in [-0.2, 0) is 4.79 Å². The molecule has 118 valence electrons. The van der Waals surface area contributed by atoms with E-state index in [9.17, 15) is 4.79 Å². The van der Waals surface area contributed by atoms with Crippen molar-refractivity contribution in [3.05, 3.63) is 34.9 Å². The summed E-state index contributed by atoms with van der Waals surface area (Å²) in [5.74, 6) is -0.0532. The highest BCUT2D eigenvalue weighted by Gasteiger charge is 2.33. The molecule has 1 saturated heterocycles. The Morgan fingerprint density at radius 3 is 2.71 bits per heavy atom. The molecule has 1 fully saturated rings. The molecule has 0 radical (unpaired) electrons. The highest BCUT2D eigenvalue weighted by Crippen LogP contribution is 2.28. The largest absolute Gasteiger partial charge is 0.349 e. The third-order valence-corrected chi connectivity index (χ3v) is 3.82. The van der Waals surface area contributed by atoms with Crippen LogP contribution in [0.2, 0.25) is 5.02 Å². The highest BCUT2D eigenvalue weighted by atomic mass is 35.5. The average Bonchev–Trinajstić information content (AvgIpc) is 2.88. The maximum Gasteiger partial charge on any atom is 0.239 e. The van der Waals surface area contributed by atoms with Gasteiger partial charge in [0.15, 0.2) is 0 Å². The minimum Gasteiger partial charge on any atom is -0.349 e. The van der Waals surface area contributed by atoms with Crippen LogP contribution in [0.25, 0.3) is 0 Å². The van der Waals surface area contributed by atoms with Crippen LogP contribution in [-0.4, -0.2) is 24.0 Å². The van der Waals surface area contributed by atoms with Gasteiger partial charge in [-0.1, -0.05) is 29.8 Å². The van der Waals surface area contributed by atoms with Crippen LogP contribution in [0.15, 0.2) is 24.3 Å². The van der Waals surface area contributed by atoms with E-state index >= 15 is 0 Å². The second-order valence-corrected chi connectivity index (χ2v) is 6.14. The van der Waals surface area contributed by atoms with Gasteiger partial charge in [-0.05, 0) is 31.9 Å². The lowest BCUT2D eigenvalue weighted by Gasteiger charge is -2.25. The molecule has 1 aromatic rings. The number of nitrogens with two attached hydrogens (primary N) is 1. The number of carbonyl (C=O) groups excluding carboxylic acids is 1. The summed E-state index contributed by atoms with van der Waals surface area (Å²) in [4.78, 5) is 12.2. The van der Waals surface area contributed by atoms with Gasteiger partial charge in [0.2, 0.25) is 5.91 Å². The Labute approximate surface area is 136 Å². The third kappa shape index (κ3) is 4.56. The SMILES string of the molecule is CC(C)(CN)NC(=O)C1CC(c2ccccc2Cl)NN1.Cl. The van der Waals surface area contributed by atoms with Crippen molar-refractivity contribution in [3.8, 4) is 0 Å². The molecule has 0 aromatic heterocycles. The summed E-state index contributed by atoms with van der Waals surface area (Å²) in [6, 6.07) is 7.38. The monoisotopic (exact) mass is 332 g/mol. The van der Waals surface area contributed by atoms with Crippen molar-refractivity contribution in [1.29, 1.82) is 0 Å². The van der Waals surface area contributed by atoms with E-state index < -0.39 is 5.54 Å². The van der Waals surface area contributed by atoms with Gasteiger partial charge in [0.1, 0.15) is 6.04 Å². The standard InChI is InChI=1S/C14H21ClN4O.ClH/c1-14(2,8-16)17-13(20)12-7-11(18-19-12)9-5-3-4-6-10(9)15;/h3-6,11-12,18-19H,7-8,16H2,1-2H3,(H,17,20);1H. The average molecular weight is 333 g/mol. The molecular formula is C14H22Cl2N4O. The Balaban J connectivity index is 0.00000220. The molecule has 21 heavy (non-hydrogen) atoms. The Morgan fingerprint density at radius 2 is 2.10 bits per heavy atom. The van der Waals surface area contributed by atoms with Crippen LogP contribution < -0.4 is 21.9 Å². The number of nitrogens with one attached hydrogen (secondary N) is 3. The Morgan fingerprint density at radius 1 is 1.43 bits per heavy atom. The summed E-state index contributed by atoms with van der Waals surface area (Å²) in [5.41, 5.74) is 12.4. The van der Waals surface area contributed by atoms with Gasteiger partial charge in [-0.3, -0.25) is 4.79 Å². The van der Waals surface area contributed by atoms with E-state index in [0.29, 0.717) is 18.0 Å². The first-order chi connectivity index (χ1) is 9.43. The summed E-state index contributed by atoms with van der Waals surface area (Å²) in [6.45, 7) is 4.20. The number of hydrogen-bond donors (Lipinski definition) is 4. The van der Waals surface area contributed by atoms with Crippen molar-refractivity contribution < 1.29 is 4.79 Å². The maximum atomic E-state index is 12.2. The zero-order valence-electron chi connectivity index (χ0n) is 12.2. The molecule has 1 aliphatic rings. The molecule has 5 N–H and O–H groups in total. The van der Waals surface area contributed by atoms with Crippen LogP contribution >= 0.6 is 24.0 Å². The second kappa shape index (κ2) is 7.42. The van der Waals surface area contributed by atoms with Crippen molar-refractivity contribution in [2.24, 2.45) is 5.73 Å². The number of hydrazine groups is 1. The topological polar surface area (TPSA) is 79.2 Å². The lowest BCUT2D eigenvalue weighted by molar-refractivity contribution is -0.124. The van der Waals surface area contributed by atoms with Crippen molar-refractivity contribution >= 4 is 29.9 Å². The van der Waals surface area contributed by atoms with Gasteiger partial charge in [-0.15, -0.1) is 12.4 Å². The smallest absolute Gasteiger partial charge is 0.239 e. The quantitative estimate of drug-likeness (QED) is 0.674. The number of benzene rings is 1. The summed E-state index contributed by atoms with van der Waals surface area (Å²) >= 11 is 6.18. The molecular weight excluding hydrogens is 311 g/mol. The Kier molecular flexibility index (Phi) is 6.43. The van der Waals surface area contributed by atoms with Gasteiger partial charge >= 0.3 is 0 Å². The molecule has 5 nitrogen and oxygen atoms in total. The summed E-state index contributed by atoms with van der Waals surface area (Å²) < 4.78 is 0. The summed E-state index contributed by atoms with van der Waals surface area (Å²) in [6.07, 6.45) is 0.649. The molecule has 7 heteroatoms. The number of hydrogen-bond acceptors (Lipinski definition) is 4. The van der Waals surface area contributed by atoms with Gasteiger partial charge in [0.25, 0.3) is 0 Å². The zero-order chi connectivity index (χ0) is 14.8. The number of amides is 1. The van der Waals surface area contributed by atoms with Gasteiger partial charge in [0.05, 0.1) is 0 Å². The summed E-state index contributed by atoms with van der Waals surface area (Å²) in [5, 5.41) is 3.64. The normalized spacial score (nSPS) is 21.7. The molecule has 1 aromatic carbocycles. The van der Waals surface area contributed by atoms with Crippen LogP contribution in [0.4, 0.5) is 0 Å². The predicted molar refractivity (Wildman–Crippen MR) is 87.4 cm³/mol. The van der Waals surface area contributed by atoms with Crippen LogP contribution in [0.3, 0.4) is 0 Å². The molecule has 1 aliphatic heterocycles. The van der Waals surface area contributed by atoms with Crippen molar-refractivity contribution in [3.63, 3.8) is 0 Å². The molecule has 2 atom stereocenters. The predicted octanol–water partition coefficient (Wildman–Crippen LogP) is 1.52. The second-order valence-electron chi connectivity index (χ2n) is 5.73. The molecule has 1 amide bonds. The third-order valence-electron chi connectivity index (χ3n) is 3.47. The van der Waals surface area contributed by atoms with Crippen LogP contribution in [0, 0.1) is 0 Å². The molecule has 1 heterocycles. The van der Waals surface area contributed by atoms with Crippen LogP contribution in [0.5, 0.6) is 0 Å². The number of halogens is 2. The molecule has 0 bridgehead atoms. The summed E-state index contributed by atoms with van der Waals surface area (Å²) in [7, 11) is 0. The molecule has 2 unspecified atom stereocenters. The van der Waals surface area contributed by atoms with E-state index in [1.807, 2.05) is 38.1 Å². The lowest BCUT2D eigenvalue weighted by atomic mass is 10.0. The fourth-order valence-electron chi connectivity index (χ4n) is 2.16. The minimum absolute atomic E-state index is 0. The fourth-order valence-corrected chi connectivity index (χ4v) is 2.43. The molecule has 0 aliphatic carbocycles. The van der Waals surface area contributed by atoms with Gasteiger partial charge in [-0.2, -0.15) is 0 Å². The molecule has 0 spiro atoms. The van der Waals surface area contributed by atoms with Crippen molar-refractivity contribution in [1.82, 2.24) is 16.2 Å². The first-order valence-electron chi connectivity index (χ1n) is 6.70. The van der Waals surface area contributed by atoms with E-state index in [4.69, 9.17) is 17.3 Å². The fraction of sp³-hybridized carbons (Fsp3) is 0.500. The maximum absolute atomic E-state index is 12.2. The van der Waals surface area contributed by atoms with Crippen LogP contribution in [0.1, 0.15) is 31.9 Å². The van der Waals surface area contributed by atoms with E-state index in [2.05, 4.69) is 16.2 Å². The van der Waals surface area contributed by atoms with E-state index in [0.717, 1.165) is 5.56 Å². The minimum atomic E-state index is -0.402. The van der Waals surface area contributed by atoms with E-state index in [-0.39, 0.29) is 30.4 Å². The van der Waals surface area contributed by atoms with Gasteiger partial charge in [-0.25, -0.2) is 10.9 Å². The van der Waals surface area contributed by atoms with Crippen molar-refractivity contribution in [2.45, 2.75) is 37.9 Å². The van der Waals surface area contributed by atoms with E-state index in [1.165, 1.54) is 0 Å². The molecule has 0 saturated carbocycles. The van der Waals surface area contributed by atoms with E-state index in [1.54, 1.807) is 0 Å². The van der Waals surface area contributed by atoms with Gasteiger partial charge in [0, 0.05) is 23.1 Å². The number of rotatable bonds is 4. The highest BCUT2D eigenvalue weighted by molar-refractivity contribution is 6.31. The number of carbonyl (C=O) groups is 1. The Bertz CT molecular complexity index is 496. The first kappa shape index (κ1) is 18.2. The zero-order valence-corrected chi connectivity index (χ0v) is 13.7. The first-order valence-corrected chi connectivity index (χ1v) is 7.08. The van der Waals surface area contributed by atoms with Gasteiger partial charge < -0.3 is 11.1 Å². The molecule has 2 rings (SSSR count). The Hall–Kier alpha value is -0.850. The van der Waals surface area contributed by atoms with Crippen molar-refractivity contribution in [2.75, 3.05) is 6.54 Å². The lowest BCUT2D eigenvalue weighted by Crippen LogP contribution is -2.54.